The van der Waals surface area contributed by atoms with Gasteiger partial charge >= 0.3 is 0 Å². The number of fused-ring (bicyclic) bond motifs is 1. The number of likely N-dealkylation sites (N-methyl/N-ethyl adjacent to an activating group) is 1. The van der Waals surface area contributed by atoms with Crippen molar-refractivity contribution in [1.82, 2.24) is 0 Å². The molecule has 140 valence electrons. The van der Waals surface area contributed by atoms with Gasteiger partial charge in [-0.1, -0.05) is 77.8 Å². The van der Waals surface area contributed by atoms with Gasteiger partial charge in [-0.15, -0.1) is 0 Å². The van der Waals surface area contributed by atoms with E-state index in [9.17, 15) is 4.79 Å². The Balaban J connectivity index is 1.78. The molecule has 0 radical (unpaired) electrons. The van der Waals surface area contributed by atoms with Crippen molar-refractivity contribution in [2.24, 2.45) is 0 Å². The maximum atomic E-state index is 13.1. The van der Waals surface area contributed by atoms with Gasteiger partial charge in [-0.2, -0.15) is 0 Å². The van der Waals surface area contributed by atoms with Crippen LogP contribution < -0.4 is 4.90 Å². The first-order valence-corrected chi connectivity index (χ1v) is 9.86. The Morgan fingerprint density at radius 1 is 0.893 bits per heavy atom. The van der Waals surface area contributed by atoms with Crippen molar-refractivity contribution < 1.29 is 4.79 Å². The van der Waals surface area contributed by atoms with Gasteiger partial charge in [-0.25, -0.2) is 0 Å². The molecular formula is C24H19Cl2NO. The van der Waals surface area contributed by atoms with Crippen LogP contribution in [0.1, 0.15) is 28.5 Å². The van der Waals surface area contributed by atoms with Gasteiger partial charge in [0.05, 0.1) is 5.92 Å². The SMILES string of the molecule is CN1C(=O)[C@H]([C@@H](/C=C/c2ccc(Cl)cc2)c2ccc(Cl)cc2)c2ccccc21. The monoisotopic (exact) mass is 407 g/mol. The van der Waals surface area contributed by atoms with E-state index in [0.717, 1.165) is 22.4 Å². The quantitative estimate of drug-likeness (QED) is 0.479. The highest BCUT2D eigenvalue weighted by Gasteiger charge is 2.39. The molecule has 1 amide bonds. The van der Waals surface area contributed by atoms with Gasteiger partial charge in [0.15, 0.2) is 0 Å². The fraction of sp³-hybridized carbons (Fsp3) is 0.125. The predicted octanol–water partition coefficient (Wildman–Crippen LogP) is 6.55. The molecule has 0 aliphatic carbocycles. The number of nitrogens with zero attached hydrogens (tertiary/aromatic N) is 1. The summed E-state index contributed by atoms with van der Waals surface area (Å²) in [5, 5.41) is 1.38. The smallest absolute Gasteiger partial charge is 0.235 e. The Kier molecular flexibility index (Phi) is 5.25. The van der Waals surface area contributed by atoms with E-state index in [1.807, 2.05) is 85.9 Å². The highest BCUT2D eigenvalue weighted by molar-refractivity contribution is 6.30. The second-order valence-electron chi connectivity index (χ2n) is 6.92. The van der Waals surface area contributed by atoms with Crippen LogP contribution in [0.4, 0.5) is 5.69 Å². The van der Waals surface area contributed by atoms with Gasteiger partial charge in [0.25, 0.3) is 0 Å². The molecule has 1 heterocycles. The molecule has 0 saturated heterocycles. The summed E-state index contributed by atoms with van der Waals surface area (Å²) in [6, 6.07) is 23.4. The minimum Gasteiger partial charge on any atom is -0.315 e. The lowest BCUT2D eigenvalue weighted by atomic mass is 9.81. The van der Waals surface area contributed by atoms with Crippen LogP contribution >= 0.6 is 23.2 Å². The minimum absolute atomic E-state index is 0.0990. The van der Waals surface area contributed by atoms with Gasteiger partial charge in [0.2, 0.25) is 5.91 Å². The highest BCUT2D eigenvalue weighted by atomic mass is 35.5. The van der Waals surface area contributed by atoms with Crippen LogP contribution in [0.3, 0.4) is 0 Å². The molecule has 0 aromatic heterocycles. The number of carbonyl (C=O) groups is 1. The van der Waals surface area contributed by atoms with E-state index in [1.165, 1.54) is 0 Å². The highest BCUT2D eigenvalue weighted by Crippen LogP contribution is 2.45. The maximum absolute atomic E-state index is 13.1. The first-order valence-electron chi connectivity index (χ1n) is 9.10. The molecule has 2 atom stereocenters. The number of hydrogen-bond donors (Lipinski definition) is 0. The molecular weight excluding hydrogens is 389 g/mol. The molecule has 0 bridgehead atoms. The Morgan fingerprint density at radius 2 is 1.50 bits per heavy atom. The zero-order valence-electron chi connectivity index (χ0n) is 15.3. The summed E-state index contributed by atoms with van der Waals surface area (Å²) in [6.07, 6.45) is 4.15. The summed E-state index contributed by atoms with van der Waals surface area (Å²) in [5.74, 6) is -0.278. The van der Waals surface area contributed by atoms with E-state index in [0.29, 0.717) is 10.0 Å². The zero-order valence-corrected chi connectivity index (χ0v) is 16.9. The van der Waals surface area contributed by atoms with Gasteiger partial charge in [-0.05, 0) is 47.0 Å². The third kappa shape index (κ3) is 3.58. The van der Waals surface area contributed by atoms with Crippen LogP contribution in [0.2, 0.25) is 10.0 Å². The summed E-state index contributed by atoms with van der Waals surface area (Å²) in [6.45, 7) is 0. The van der Waals surface area contributed by atoms with Crippen molar-refractivity contribution in [1.29, 1.82) is 0 Å². The van der Waals surface area contributed by atoms with Crippen molar-refractivity contribution >= 4 is 40.9 Å². The Hall–Kier alpha value is -2.55. The maximum Gasteiger partial charge on any atom is 0.235 e. The predicted molar refractivity (Wildman–Crippen MR) is 117 cm³/mol. The van der Waals surface area contributed by atoms with E-state index >= 15 is 0 Å². The summed E-state index contributed by atoms with van der Waals surface area (Å²) in [4.78, 5) is 14.9. The lowest BCUT2D eigenvalue weighted by Gasteiger charge is -2.21. The van der Waals surface area contributed by atoms with Crippen molar-refractivity contribution in [3.8, 4) is 0 Å². The van der Waals surface area contributed by atoms with Crippen molar-refractivity contribution in [3.05, 3.63) is 106 Å². The number of halogens is 2. The fourth-order valence-electron chi connectivity index (χ4n) is 3.75. The molecule has 3 aromatic carbocycles. The zero-order chi connectivity index (χ0) is 19.7. The number of rotatable bonds is 4. The van der Waals surface area contributed by atoms with E-state index in [4.69, 9.17) is 23.2 Å². The van der Waals surface area contributed by atoms with Gasteiger partial charge < -0.3 is 4.90 Å². The first-order chi connectivity index (χ1) is 13.5. The lowest BCUT2D eigenvalue weighted by molar-refractivity contribution is -0.119. The third-order valence-electron chi connectivity index (χ3n) is 5.21. The fourth-order valence-corrected chi connectivity index (χ4v) is 4.00. The first kappa shape index (κ1) is 18.8. The Bertz CT molecular complexity index is 1030. The molecule has 2 nitrogen and oxygen atoms in total. The third-order valence-corrected chi connectivity index (χ3v) is 5.71. The molecule has 0 spiro atoms. The number of hydrogen-bond acceptors (Lipinski definition) is 1. The van der Waals surface area contributed by atoms with Crippen molar-refractivity contribution in [2.45, 2.75) is 11.8 Å². The molecule has 1 aliphatic rings. The molecule has 1 aliphatic heterocycles. The topological polar surface area (TPSA) is 20.3 Å². The molecule has 0 fully saturated rings. The van der Waals surface area contributed by atoms with E-state index < -0.39 is 0 Å². The average Bonchev–Trinajstić information content (AvgIpc) is 2.96. The van der Waals surface area contributed by atoms with Crippen LogP contribution in [0.5, 0.6) is 0 Å². The van der Waals surface area contributed by atoms with Crippen LogP contribution in [0, 0.1) is 0 Å². The molecule has 0 N–H and O–H groups in total. The van der Waals surface area contributed by atoms with E-state index in [2.05, 4.69) is 6.08 Å². The number of benzene rings is 3. The lowest BCUT2D eigenvalue weighted by Crippen LogP contribution is -2.26. The van der Waals surface area contributed by atoms with Crippen LogP contribution in [0.25, 0.3) is 6.08 Å². The van der Waals surface area contributed by atoms with Crippen molar-refractivity contribution in [2.75, 3.05) is 11.9 Å². The molecule has 28 heavy (non-hydrogen) atoms. The number of allylic oxidation sites excluding steroid dienone is 1. The normalized spacial score (nSPS) is 17.2. The molecule has 4 rings (SSSR count). The molecule has 3 aromatic rings. The average molecular weight is 408 g/mol. The van der Waals surface area contributed by atoms with E-state index in [-0.39, 0.29) is 17.7 Å². The van der Waals surface area contributed by atoms with Crippen molar-refractivity contribution in [3.63, 3.8) is 0 Å². The summed E-state index contributed by atoms with van der Waals surface area (Å²) < 4.78 is 0. The summed E-state index contributed by atoms with van der Waals surface area (Å²) in [5.41, 5.74) is 4.11. The Labute approximate surface area is 175 Å². The molecule has 4 heteroatoms. The van der Waals surface area contributed by atoms with E-state index in [1.54, 1.807) is 4.90 Å². The van der Waals surface area contributed by atoms with Crippen LogP contribution in [-0.2, 0) is 4.79 Å². The second-order valence-corrected chi connectivity index (χ2v) is 7.79. The van der Waals surface area contributed by atoms with Gasteiger partial charge in [0, 0.05) is 28.7 Å². The molecule has 0 unspecified atom stereocenters. The van der Waals surface area contributed by atoms with Crippen LogP contribution in [0.15, 0.2) is 78.9 Å². The van der Waals surface area contributed by atoms with Crippen LogP contribution in [-0.4, -0.2) is 13.0 Å². The largest absolute Gasteiger partial charge is 0.315 e. The van der Waals surface area contributed by atoms with Gasteiger partial charge in [-0.3, -0.25) is 4.79 Å². The number of para-hydroxylation sites is 1. The van der Waals surface area contributed by atoms with Gasteiger partial charge in [0.1, 0.15) is 0 Å². The number of amides is 1. The number of anilines is 1. The molecule has 0 saturated carbocycles. The summed E-state index contributed by atoms with van der Waals surface area (Å²) >= 11 is 12.1. The second kappa shape index (κ2) is 7.83. The summed E-state index contributed by atoms with van der Waals surface area (Å²) in [7, 11) is 1.84. The standard InChI is InChI=1S/C24H19Cl2NO/c1-27-22-5-3-2-4-21(22)23(24(27)28)20(17-9-13-19(26)14-10-17)15-8-16-6-11-18(25)12-7-16/h2-15,20,23H,1H3/b15-8+/t20-,23+/m0/s1. The number of carbonyl (C=O) groups excluding carboxylic acids is 1. The minimum atomic E-state index is -0.272. The Morgan fingerprint density at radius 3 is 2.18 bits per heavy atom.